The van der Waals surface area contributed by atoms with Crippen LogP contribution in [0.3, 0.4) is 0 Å². The van der Waals surface area contributed by atoms with Gasteiger partial charge in [0, 0.05) is 30.8 Å². The van der Waals surface area contributed by atoms with E-state index in [1.54, 1.807) is 12.1 Å². The monoisotopic (exact) mass is 304 g/mol. The highest BCUT2D eigenvalue weighted by atomic mass is 32.2. The van der Waals surface area contributed by atoms with Gasteiger partial charge in [-0.1, -0.05) is 18.2 Å². The average molecular weight is 304 g/mol. The lowest BCUT2D eigenvalue weighted by Gasteiger charge is -2.16. The van der Waals surface area contributed by atoms with Gasteiger partial charge in [-0.15, -0.1) is 0 Å². The minimum absolute atomic E-state index is 0.522. The SMILES string of the molecule is CC1(C)Oc2ccc(-c3ccc(NS(=O)[O-])cc3)cc2O1. The van der Waals surface area contributed by atoms with Crippen molar-refractivity contribution in [2.45, 2.75) is 19.6 Å². The molecule has 3 rings (SSSR count). The van der Waals surface area contributed by atoms with Crippen LogP contribution in [0, 0.1) is 0 Å². The number of ether oxygens (including phenoxy) is 2. The maximum atomic E-state index is 10.6. The zero-order chi connectivity index (χ0) is 15.0. The molecule has 6 heteroatoms. The fourth-order valence-electron chi connectivity index (χ4n) is 2.23. The lowest BCUT2D eigenvalue weighted by atomic mass is 10.0. The van der Waals surface area contributed by atoms with E-state index in [9.17, 15) is 8.76 Å². The molecule has 0 aliphatic carbocycles. The number of benzene rings is 2. The normalized spacial score (nSPS) is 16.5. The Morgan fingerprint density at radius 1 is 1.00 bits per heavy atom. The molecule has 0 aromatic heterocycles. The van der Waals surface area contributed by atoms with Gasteiger partial charge in [-0.3, -0.25) is 4.21 Å². The Morgan fingerprint density at radius 2 is 1.62 bits per heavy atom. The Labute approximate surface area is 125 Å². The van der Waals surface area contributed by atoms with Crippen molar-refractivity contribution in [3.05, 3.63) is 42.5 Å². The Morgan fingerprint density at radius 3 is 2.29 bits per heavy atom. The molecule has 0 amide bonds. The van der Waals surface area contributed by atoms with E-state index in [0.29, 0.717) is 11.4 Å². The van der Waals surface area contributed by atoms with E-state index in [1.165, 1.54) is 0 Å². The van der Waals surface area contributed by atoms with Gasteiger partial charge in [0.25, 0.3) is 0 Å². The van der Waals surface area contributed by atoms with E-state index >= 15 is 0 Å². The Bertz CT molecular complexity index is 697. The second-order valence-electron chi connectivity index (χ2n) is 5.18. The third kappa shape index (κ3) is 3.01. The summed E-state index contributed by atoms with van der Waals surface area (Å²) in [7, 11) is 0. The Balaban J connectivity index is 1.87. The standard InChI is InChI=1S/C15H15NO4S/c1-15(2)19-13-8-5-11(9-14(13)20-15)10-3-6-12(7-4-10)16-21(17)18/h3-9,16H,1-2H3,(H,17,18)/p-1. The van der Waals surface area contributed by atoms with Crippen molar-refractivity contribution in [3.63, 3.8) is 0 Å². The highest BCUT2D eigenvalue weighted by molar-refractivity contribution is 7.80. The minimum Gasteiger partial charge on any atom is -0.755 e. The van der Waals surface area contributed by atoms with E-state index in [4.69, 9.17) is 9.47 Å². The molecule has 0 radical (unpaired) electrons. The minimum atomic E-state index is -2.31. The largest absolute Gasteiger partial charge is 0.755 e. The van der Waals surface area contributed by atoms with Crippen molar-refractivity contribution in [2.24, 2.45) is 0 Å². The molecular weight excluding hydrogens is 290 g/mol. The van der Waals surface area contributed by atoms with Gasteiger partial charge in [0.05, 0.1) is 0 Å². The number of hydrogen-bond acceptors (Lipinski definition) is 4. The van der Waals surface area contributed by atoms with Gasteiger partial charge in [-0.05, 0) is 35.4 Å². The van der Waals surface area contributed by atoms with Crippen LogP contribution in [0.4, 0.5) is 5.69 Å². The average Bonchev–Trinajstić information content (AvgIpc) is 2.71. The molecule has 1 N–H and O–H groups in total. The summed E-state index contributed by atoms with van der Waals surface area (Å²) in [5.74, 6) is 0.788. The summed E-state index contributed by atoms with van der Waals surface area (Å²) in [6.07, 6.45) is 0. The second-order valence-corrected chi connectivity index (χ2v) is 5.85. The number of fused-ring (bicyclic) bond motifs is 1. The van der Waals surface area contributed by atoms with Crippen LogP contribution in [-0.4, -0.2) is 14.5 Å². The summed E-state index contributed by atoms with van der Waals surface area (Å²) < 4.78 is 34.8. The Kier molecular flexibility index (Phi) is 3.35. The van der Waals surface area contributed by atoms with Gasteiger partial charge in [0.15, 0.2) is 11.5 Å². The van der Waals surface area contributed by atoms with Crippen LogP contribution >= 0.6 is 0 Å². The van der Waals surface area contributed by atoms with Crippen molar-refractivity contribution in [1.29, 1.82) is 0 Å². The first-order valence-electron chi connectivity index (χ1n) is 6.41. The molecule has 2 aromatic carbocycles. The molecule has 5 nitrogen and oxygen atoms in total. The summed E-state index contributed by atoms with van der Waals surface area (Å²) in [6.45, 7) is 3.71. The molecular formula is C15H14NO4S-. The number of hydrogen-bond donors (Lipinski definition) is 1. The topological polar surface area (TPSA) is 70.6 Å². The highest BCUT2D eigenvalue weighted by Crippen LogP contribution is 2.41. The molecule has 21 heavy (non-hydrogen) atoms. The molecule has 110 valence electrons. The lowest BCUT2D eigenvalue weighted by molar-refractivity contribution is -0.0431. The van der Waals surface area contributed by atoms with Gasteiger partial charge in [-0.2, -0.15) is 0 Å². The fraction of sp³-hybridized carbons (Fsp3) is 0.200. The van der Waals surface area contributed by atoms with Crippen molar-refractivity contribution < 1.29 is 18.2 Å². The maximum absolute atomic E-state index is 10.6. The van der Waals surface area contributed by atoms with Crippen molar-refractivity contribution in [1.82, 2.24) is 0 Å². The number of nitrogens with one attached hydrogen (secondary N) is 1. The van der Waals surface area contributed by atoms with E-state index < -0.39 is 17.1 Å². The molecule has 1 unspecified atom stereocenters. The van der Waals surface area contributed by atoms with Crippen LogP contribution < -0.4 is 14.2 Å². The third-order valence-electron chi connectivity index (χ3n) is 3.07. The van der Waals surface area contributed by atoms with Crippen LogP contribution in [-0.2, 0) is 11.3 Å². The van der Waals surface area contributed by atoms with E-state index in [0.717, 1.165) is 16.9 Å². The molecule has 1 atom stereocenters. The molecule has 1 aliphatic heterocycles. The zero-order valence-electron chi connectivity index (χ0n) is 11.6. The zero-order valence-corrected chi connectivity index (χ0v) is 12.4. The smallest absolute Gasteiger partial charge is 0.246 e. The quantitative estimate of drug-likeness (QED) is 0.885. The van der Waals surface area contributed by atoms with Crippen molar-refractivity contribution in [3.8, 4) is 22.6 Å². The molecule has 0 saturated heterocycles. The van der Waals surface area contributed by atoms with Gasteiger partial charge < -0.3 is 18.7 Å². The van der Waals surface area contributed by atoms with Crippen LogP contribution in [0.25, 0.3) is 11.1 Å². The highest BCUT2D eigenvalue weighted by Gasteiger charge is 2.31. The van der Waals surface area contributed by atoms with E-state index in [-0.39, 0.29) is 0 Å². The summed E-state index contributed by atoms with van der Waals surface area (Å²) in [5, 5.41) is 0. The summed E-state index contributed by atoms with van der Waals surface area (Å²) >= 11 is -2.31. The molecule has 1 heterocycles. The van der Waals surface area contributed by atoms with Crippen LogP contribution in [0.15, 0.2) is 42.5 Å². The number of rotatable bonds is 3. The van der Waals surface area contributed by atoms with Gasteiger partial charge >= 0.3 is 0 Å². The first-order chi connectivity index (χ1) is 9.93. The summed E-state index contributed by atoms with van der Waals surface area (Å²) in [6, 6.07) is 12.8. The molecule has 0 fully saturated rings. The molecule has 0 bridgehead atoms. The van der Waals surface area contributed by atoms with Crippen LogP contribution in [0.1, 0.15) is 13.8 Å². The van der Waals surface area contributed by atoms with E-state index in [1.807, 2.05) is 44.2 Å². The molecule has 0 saturated carbocycles. The lowest BCUT2D eigenvalue weighted by Crippen LogP contribution is -2.29. The predicted molar refractivity (Wildman–Crippen MR) is 79.8 cm³/mol. The van der Waals surface area contributed by atoms with E-state index in [2.05, 4.69) is 4.72 Å². The maximum Gasteiger partial charge on any atom is 0.246 e. The van der Waals surface area contributed by atoms with Gasteiger partial charge in [0.1, 0.15) is 0 Å². The summed E-state index contributed by atoms with van der Waals surface area (Å²) in [4.78, 5) is 0. The Hall–Kier alpha value is -2.05. The first kappa shape index (κ1) is 13.9. The van der Waals surface area contributed by atoms with Crippen LogP contribution in [0.5, 0.6) is 11.5 Å². The fourth-order valence-corrected chi connectivity index (χ4v) is 2.56. The van der Waals surface area contributed by atoms with Crippen LogP contribution in [0.2, 0.25) is 0 Å². The summed E-state index contributed by atoms with van der Waals surface area (Å²) in [5.41, 5.74) is 2.46. The predicted octanol–water partition coefficient (Wildman–Crippen LogP) is 3.07. The van der Waals surface area contributed by atoms with Gasteiger partial charge in [-0.25, -0.2) is 0 Å². The first-order valence-corrected chi connectivity index (χ1v) is 7.49. The van der Waals surface area contributed by atoms with Crippen molar-refractivity contribution in [2.75, 3.05) is 4.72 Å². The van der Waals surface area contributed by atoms with Crippen molar-refractivity contribution >= 4 is 17.0 Å². The molecule has 0 spiro atoms. The molecule has 2 aromatic rings. The second kappa shape index (κ2) is 5.05. The molecule has 1 aliphatic rings. The third-order valence-corrected chi connectivity index (χ3v) is 3.48. The van der Waals surface area contributed by atoms with Gasteiger partial charge in [0.2, 0.25) is 5.79 Å². The number of anilines is 1.